The van der Waals surface area contributed by atoms with Crippen molar-refractivity contribution in [2.75, 3.05) is 0 Å². The summed E-state index contributed by atoms with van der Waals surface area (Å²) in [6.07, 6.45) is 5.38. The first-order valence-corrected chi connectivity index (χ1v) is 11.0. The molecule has 0 aliphatic heterocycles. The zero-order valence-corrected chi connectivity index (χ0v) is 17.7. The molecule has 28 heavy (non-hydrogen) atoms. The average Bonchev–Trinajstić information content (AvgIpc) is 3.01. The van der Waals surface area contributed by atoms with Gasteiger partial charge in [-0.25, -0.2) is 4.39 Å². The van der Waals surface area contributed by atoms with Gasteiger partial charge in [-0.15, -0.1) is 0 Å². The van der Waals surface area contributed by atoms with Crippen molar-refractivity contribution in [1.82, 2.24) is 9.47 Å². The molecule has 1 fully saturated rings. The molecule has 1 heterocycles. The van der Waals surface area contributed by atoms with E-state index in [9.17, 15) is 14.0 Å². The number of hydrogen-bond donors (Lipinski definition) is 0. The van der Waals surface area contributed by atoms with Crippen molar-refractivity contribution in [2.45, 2.75) is 71.5 Å². The first-order valence-electron chi connectivity index (χ1n) is 10.1. The predicted molar refractivity (Wildman–Crippen MR) is 111 cm³/mol. The number of aryl methyl sites for hydroxylation is 1. The molecule has 6 heteroatoms. The van der Waals surface area contributed by atoms with Crippen molar-refractivity contribution in [3.8, 4) is 0 Å². The third-order valence-corrected chi connectivity index (χ3v) is 7.00. The number of aromatic nitrogens is 1. The summed E-state index contributed by atoms with van der Waals surface area (Å²) in [6, 6.07) is 6.38. The van der Waals surface area contributed by atoms with Crippen LogP contribution < -0.4 is 4.87 Å². The number of amides is 1. The summed E-state index contributed by atoms with van der Waals surface area (Å²) in [5.41, 5.74) is 1.73. The van der Waals surface area contributed by atoms with Crippen LogP contribution in [-0.4, -0.2) is 21.4 Å². The van der Waals surface area contributed by atoms with Crippen LogP contribution in [0.2, 0.25) is 0 Å². The minimum atomic E-state index is -0.280. The van der Waals surface area contributed by atoms with Crippen LogP contribution in [-0.2, 0) is 11.3 Å². The minimum Gasteiger partial charge on any atom is -0.331 e. The summed E-state index contributed by atoms with van der Waals surface area (Å²) in [4.78, 5) is 27.3. The first kappa shape index (κ1) is 20.8. The van der Waals surface area contributed by atoms with Crippen LogP contribution in [0.25, 0.3) is 0 Å². The Hall–Kier alpha value is -1.95. The maximum Gasteiger partial charge on any atom is 0.307 e. The molecule has 0 unspecified atom stereocenters. The number of carbonyl (C=O) groups excluding carboxylic acids is 1. The summed E-state index contributed by atoms with van der Waals surface area (Å²) in [5.74, 6) is 0.411. The van der Waals surface area contributed by atoms with E-state index in [1.807, 2.05) is 18.7 Å². The van der Waals surface area contributed by atoms with Crippen molar-refractivity contribution in [3.05, 3.63) is 56.4 Å². The lowest BCUT2D eigenvalue weighted by molar-refractivity contribution is -0.138. The topological polar surface area (TPSA) is 42.3 Å². The van der Waals surface area contributed by atoms with Crippen molar-refractivity contribution in [3.63, 3.8) is 0 Å². The molecular weight excluding hydrogens is 375 g/mol. The number of benzene rings is 1. The Labute approximate surface area is 170 Å². The van der Waals surface area contributed by atoms with Crippen LogP contribution in [0.4, 0.5) is 4.39 Å². The first-order chi connectivity index (χ1) is 13.4. The molecule has 1 amide bonds. The third-order valence-electron chi connectivity index (χ3n) is 6.11. The molecule has 1 aromatic heterocycles. The van der Waals surface area contributed by atoms with Crippen LogP contribution >= 0.6 is 11.3 Å². The van der Waals surface area contributed by atoms with Gasteiger partial charge in [0.2, 0.25) is 5.91 Å². The van der Waals surface area contributed by atoms with Gasteiger partial charge in [0, 0.05) is 17.1 Å². The maximum absolute atomic E-state index is 13.4. The molecule has 1 saturated carbocycles. The average molecular weight is 405 g/mol. The third kappa shape index (κ3) is 4.54. The Balaban J connectivity index is 1.86. The number of nitrogens with zero attached hydrogens (tertiary/aromatic N) is 2. The van der Waals surface area contributed by atoms with Gasteiger partial charge in [-0.05, 0) is 63.1 Å². The van der Waals surface area contributed by atoms with E-state index < -0.39 is 0 Å². The van der Waals surface area contributed by atoms with Gasteiger partial charge < -0.3 is 4.90 Å². The Bertz CT molecular complexity index is 850. The van der Waals surface area contributed by atoms with Gasteiger partial charge >= 0.3 is 4.87 Å². The minimum absolute atomic E-state index is 0.0413. The maximum atomic E-state index is 13.4. The Morgan fingerprint density at radius 1 is 1.25 bits per heavy atom. The summed E-state index contributed by atoms with van der Waals surface area (Å²) >= 11 is 1.12. The molecular formula is C22H29FN2O2S. The van der Waals surface area contributed by atoms with E-state index in [0.29, 0.717) is 0 Å². The number of hydrogen-bond acceptors (Lipinski definition) is 3. The lowest BCUT2D eigenvalue weighted by Gasteiger charge is -2.40. The molecule has 1 atom stereocenters. The van der Waals surface area contributed by atoms with E-state index in [-0.39, 0.29) is 35.2 Å². The standard InChI is InChI=1S/C22H29FN2O2S/c1-4-17-5-11-20(12-6-17)25(16(3)18-7-9-19(23)10-8-18)21(26)13-24-15(2)14-28-22(24)27/h7-10,14,16-17,20H,4-6,11-13H2,1-3H3/t16-,17?,20?/m0/s1. The van der Waals surface area contributed by atoms with Crippen LogP contribution in [0.15, 0.2) is 34.4 Å². The number of rotatable bonds is 6. The highest BCUT2D eigenvalue weighted by molar-refractivity contribution is 7.07. The van der Waals surface area contributed by atoms with Crippen LogP contribution in [0.1, 0.15) is 63.3 Å². The van der Waals surface area contributed by atoms with Gasteiger partial charge in [-0.3, -0.25) is 14.2 Å². The highest BCUT2D eigenvalue weighted by Gasteiger charge is 2.32. The zero-order valence-electron chi connectivity index (χ0n) is 16.9. The van der Waals surface area contributed by atoms with E-state index in [1.165, 1.54) is 18.6 Å². The largest absolute Gasteiger partial charge is 0.331 e. The van der Waals surface area contributed by atoms with E-state index in [4.69, 9.17) is 0 Å². The van der Waals surface area contributed by atoms with Crippen molar-refractivity contribution in [1.29, 1.82) is 0 Å². The van der Waals surface area contributed by atoms with Gasteiger partial charge in [0.05, 0.1) is 6.04 Å². The zero-order chi connectivity index (χ0) is 20.3. The van der Waals surface area contributed by atoms with E-state index in [1.54, 1.807) is 22.1 Å². The molecule has 0 N–H and O–H groups in total. The lowest BCUT2D eigenvalue weighted by Crippen LogP contribution is -2.46. The highest BCUT2D eigenvalue weighted by Crippen LogP contribution is 2.34. The summed E-state index contributed by atoms with van der Waals surface area (Å²) in [6.45, 7) is 6.14. The molecule has 0 spiro atoms. The Kier molecular flexibility index (Phi) is 6.70. The predicted octanol–water partition coefficient (Wildman–Crippen LogP) is 4.92. The second-order valence-electron chi connectivity index (χ2n) is 7.84. The van der Waals surface area contributed by atoms with Gasteiger partial charge in [-0.2, -0.15) is 0 Å². The monoisotopic (exact) mass is 404 g/mol. The molecule has 0 radical (unpaired) electrons. The Morgan fingerprint density at radius 2 is 1.89 bits per heavy atom. The Morgan fingerprint density at radius 3 is 2.43 bits per heavy atom. The number of halogens is 1. The van der Waals surface area contributed by atoms with E-state index >= 15 is 0 Å². The number of carbonyl (C=O) groups is 1. The fraction of sp³-hybridized carbons (Fsp3) is 0.545. The van der Waals surface area contributed by atoms with Gasteiger partial charge in [0.1, 0.15) is 12.4 Å². The van der Waals surface area contributed by atoms with E-state index in [2.05, 4.69) is 6.92 Å². The summed E-state index contributed by atoms with van der Waals surface area (Å²) in [7, 11) is 0. The number of thiazole rings is 1. The molecule has 2 aromatic rings. The van der Waals surface area contributed by atoms with Crippen LogP contribution in [0.3, 0.4) is 0 Å². The van der Waals surface area contributed by atoms with Crippen molar-refractivity contribution < 1.29 is 9.18 Å². The fourth-order valence-corrected chi connectivity index (χ4v) is 5.02. The summed E-state index contributed by atoms with van der Waals surface area (Å²) < 4.78 is 14.9. The van der Waals surface area contributed by atoms with Crippen molar-refractivity contribution in [2.24, 2.45) is 5.92 Å². The lowest BCUT2D eigenvalue weighted by atomic mass is 9.83. The van der Waals surface area contributed by atoms with E-state index in [0.717, 1.165) is 54.2 Å². The fourth-order valence-electron chi connectivity index (χ4n) is 4.28. The van der Waals surface area contributed by atoms with Gasteiger partial charge in [0.25, 0.3) is 0 Å². The SMILES string of the molecule is CCC1CCC(N(C(=O)Cn2c(C)csc2=O)[C@@H](C)c2ccc(F)cc2)CC1. The second kappa shape index (κ2) is 9.03. The summed E-state index contributed by atoms with van der Waals surface area (Å²) in [5, 5.41) is 1.79. The van der Waals surface area contributed by atoms with Crippen LogP contribution in [0, 0.1) is 18.7 Å². The molecule has 0 bridgehead atoms. The molecule has 0 saturated heterocycles. The molecule has 1 aliphatic rings. The van der Waals surface area contributed by atoms with Gasteiger partial charge in [-0.1, -0.05) is 36.8 Å². The molecule has 152 valence electrons. The van der Waals surface area contributed by atoms with Crippen LogP contribution in [0.5, 0.6) is 0 Å². The highest BCUT2D eigenvalue weighted by atomic mass is 32.1. The molecule has 3 rings (SSSR count). The molecule has 1 aliphatic carbocycles. The smallest absolute Gasteiger partial charge is 0.307 e. The molecule has 4 nitrogen and oxygen atoms in total. The van der Waals surface area contributed by atoms with Gasteiger partial charge in [0.15, 0.2) is 0 Å². The second-order valence-corrected chi connectivity index (χ2v) is 8.66. The quantitative estimate of drug-likeness (QED) is 0.686. The normalized spacial score (nSPS) is 20.7. The molecule has 1 aromatic carbocycles. The van der Waals surface area contributed by atoms with Crippen molar-refractivity contribution >= 4 is 17.2 Å².